The number of thioether (sulfide) groups is 1. The zero-order chi connectivity index (χ0) is 14.7. The van der Waals surface area contributed by atoms with E-state index >= 15 is 0 Å². The van der Waals surface area contributed by atoms with Gasteiger partial charge in [0.2, 0.25) is 0 Å². The fourth-order valence-electron chi connectivity index (χ4n) is 2.57. The van der Waals surface area contributed by atoms with Gasteiger partial charge < -0.3 is 5.11 Å². The van der Waals surface area contributed by atoms with Crippen LogP contribution in [0.2, 0.25) is 10.0 Å². The molecule has 1 fully saturated rings. The summed E-state index contributed by atoms with van der Waals surface area (Å²) in [6.45, 7) is 2.93. The molecule has 2 atom stereocenters. The summed E-state index contributed by atoms with van der Waals surface area (Å²) < 4.78 is 0. The van der Waals surface area contributed by atoms with Crippen LogP contribution >= 0.6 is 35.0 Å². The Morgan fingerprint density at radius 1 is 1.55 bits per heavy atom. The SMILES string of the molecule is CC(c1cc(Cl)ccc1Cl)N1CCSCC1CC(=O)O. The summed E-state index contributed by atoms with van der Waals surface area (Å²) in [5.74, 6) is 1.10. The van der Waals surface area contributed by atoms with Crippen molar-refractivity contribution in [3.05, 3.63) is 33.8 Å². The molecule has 0 spiro atoms. The maximum absolute atomic E-state index is 11.0. The molecule has 0 saturated carbocycles. The maximum Gasteiger partial charge on any atom is 0.304 e. The van der Waals surface area contributed by atoms with Crippen molar-refractivity contribution in [1.29, 1.82) is 0 Å². The Labute approximate surface area is 133 Å². The molecule has 2 rings (SSSR count). The van der Waals surface area contributed by atoms with Gasteiger partial charge in [0.25, 0.3) is 0 Å². The highest BCUT2D eigenvalue weighted by Crippen LogP contribution is 2.34. The van der Waals surface area contributed by atoms with Crippen LogP contribution in [-0.2, 0) is 4.79 Å². The molecule has 1 aromatic carbocycles. The summed E-state index contributed by atoms with van der Waals surface area (Å²) in [6.07, 6.45) is 0.162. The zero-order valence-corrected chi connectivity index (χ0v) is 13.5. The lowest BCUT2D eigenvalue weighted by molar-refractivity contribution is -0.138. The minimum atomic E-state index is -0.758. The molecule has 1 aromatic rings. The standard InChI is InChI=1S/C14H17Cl2NO2S/c1-9(12-6-10(15)2-3-13(12)16)17-4-5-20-8-11(17)7-14(18)19/h2-3,6,9,11H,4-5,7-8H2,1H3,(H,18,19). The number of carboxylic acids is 1. The Kier molecular flexibility index (Phi) is 5.61. The number of carbonyl (C=O) groups is 1. The predicted molar refractivity (Wildman–Crippen MR) is 84.9 cm³/mol. The second-order valence-corrected chi connectivity index (χ2v) is 6.90. The third kappa shape index (κ3) is 3.82. The molecule has 110 valence electrons. The van der Waals surface area contributed by atoms with Gasteiger partial charge in [-0.05, 0) is 30.7 Å². The van der Waals surface area contributed by atoms with Gasteiger partial charge in [0.1, 0.15) is 0 Å². The summed E-state index contributed by atoms with van der Waals surface area (Å²) in [4.78, 5) is 13.2. The van der Waals surface area contributed by atoms with Crippen molar-refractivity contribution in [2.75, 3.05) is 18.1 Å². The van der Waals surface area contributed by atoms with Gasteiger partial charge in [-0.25, -0.2) is 0 Å². The minimum Gasteiger partial charge on any atom is -0.481 e. The molecule has 2 unspecified atom stereocenters. The number of aliphatic carboxylic acids is 1. The van der Waals surface area contributed by atoms with Gasteiger partial charge in [-0.2, -0.15) is 11.8 Å². The number of halogens is 2. The van der Waals surface area contributed by atoms with Gasteiger partial charge in [0, 0.05) is 40.2 Å². The Hall–Kier alpha value is -0.420. The van der Waals surface area contributed by atoms with Crippen LogP contribution in [0, 0.1) is 0 Å². The predicted octanol–water partition coefficient (Wildman–Crippen LogP) is 3.95. The number of hydrogen-bond acceptors (Lipinski definition) is 3. The summed E-state index contributed by atoms with van der Waals surface area (Å²) in [6, 6.07) is 5.53. The van der Waals surface area contributed by atoms with Crippen molar-refractivity contribution in [2.45, 2.75) is 25.4 Å². The molecule has 0 radical (unpaired) electrons. The summed E-state index contributed by atoms with van der Waals surface area (Å²) in [5, 5.41) is 10.4. The number of nitrogens with zero attached hydrogens (tertiary/aromatic N) is 1. The van der Waals surface area contributed by atoms with Gasteiger partial charge in [0.15, 0.2) is 0 Å². The molecule has 0 aromatic heterocycles. The van der Waals surface area contributed by atoms with Crippen LogP contribution in [0.25, 0.3) is 0 Å². The van der Waals surface area contributed by atoms with Gasteiger partial charge in [-0.1, -0.05) is 23.2 Å². The van der Waals surface area contributed by atoms with E-state index in [2.05, 4.69) is 11.8 Å². The lowest BCUT2D eigenvalue weighted by Crippen LogP contribution is -2.44. The fraction of sp³-hybridized carbons (Fsp3) is 0.500. The fourth-order valence-corrected chi connectivity index (χ4v) is 4.11. The molecule has 1 aliphatic rings. The highest BCUT2D eigenvalue weighted by Gasteiger charge is 2.30. The number of rotatable bonds is 4. The third-order valence-corrected chi connectivity index (χ3v) is 5.26. The van der Waals surface area contributed by atoms with Crippen molar-refractivity contribution < 1.29 is 9.90 Å². The van der Waals surface area contributed by atoms with E-state index in [9.17, 15) is 4.79 Å². The van der Waals surface area contributed by atoms with Crippen LogP contribution in [0.15, 0.2) is 18.2 Å². The van der Waals surface area contributed by atoms with E-state index in [4.69, 9.17) is 28.3 Å². The van der Waals surface area contributed by atoms with E-state index in [0.717, 1.165) is 23.6 Å². The average Bonchev–Trinajstić information content (AvgIpc) is 2.41. The Morgan fingerprint density at radius 3 is 3.00 bits per heavy atom. The summed E-state index contributed by atoms with van der Waals surface area (Å²) in [5.41, 5.74) is 0.960. The van der Waals surface area contributed by atoms with Crippen LogP contribution in [0.3, 0.4) is 0 Å². The molecular weight excluding hydrogens is 317 g/mol. The van der Waals surface area contributed by atoms with Gasteiger partial charge in [-0.3, -0.25) is 9.69 Å². The van der Waals surface area contributed by atoms with Gasteiger partial charge in [0.05, 0.1) is 6.42 Å². The van der Waals surface area contributed by atoms with E-state index < -0.39 is 5.97 Å². The first-order chi connectivity index (χ1) is 9.49. The van der Waals surface area contributed by atoms with E-state index in [-0.39, 0.29) is 18.5 Å². The maximum atomic E-state index is 11.0. The molecule has 1 N–H and O–H groups in total. The van der Waals surface area contributed by atoms with Crippen LogP contribution in [0.5, 0.6) is 0 Å². The van der Waals surface area contributed by atoms with Crippen LogP contribution in [0.4, 0.5) is 0 Å². The quantitative estimate of drug-likeness (QED) is 0.905. The Bertz CT molecular complexity index is 498. The average molecular weight is 334 g/mol. The van der Waals surface area contributed by atoms with E-state index in [1.165, 1.54) is 0 Å². The zero-order valence-electron chi connectivity index (χ0n) is 11.2. The highest BCUT2D eigenvalue weighted by molar-refractivity contribution is 7.99. The van der Waals surface area contributed by atoms with Gasteiger partial charge >= 0.3 is 5.97 Å². The van der Waals surface area contributed by atoms with Crippen molar-refractivity contribution in [2.24, 2.45) is 0 Å². The van der Waals surface area contributed by atoms with Crippen LogP contribution < -0.4 is 0 Å². The molecule has 1 saturated heterocycles. The second-order valence-electron chi connectivity index (χ2n) is 4.91. The number of benzene rings is 1. The molecular formula is C14H17Cl2NO2S. The van der Waals surface area contributed by atoms with Crippen molar-refractivity contribution in [3.8, 4) is 0 Å². The monoisotopic (exact) mass is 333 g/mol. The summed E-state index contributed by atoms with van der Waals surface area (Å²) in [7, 11) is 0. The smallest absolute Gasteiger partial charge is 0.304 e. The Balaban J connectivity index is 2.22. The molecule has 20 heavy (non-hydrogen) atoms. The molecule has 0 bridgehead atoms. The minimum absolute atomic E-state index is 0.0382. The van der Waals surface area contributed by atoms with Gasteiger partial charge in [-0.15, -0.1) is 0 Å². The highest BCUT2D eigenvalue weighted by atomic mass is 35.5. The molecule has 1 heterocycles. The van der Waals surface area contributed by atoms with E-state index in [1.807, 2.05) is 6.07 Å². The number of carboxylic acid groups (broad SMARTS) is 1. The normalized spacial score (nSPS) is 21.6. The third-order valence-electron chi connectivity index (χ3n) is 3.59. The van der Waals surface area contributed by atoms with E-state index in [0.29, 0.717) is 10.0 Å². The first-order valence-corrected chi connectivity index (χ1v) is 8.40. The summed E-state index contributed by atoms with van der Waals surface area (Å²) >= 11 is 14.1. The lowest BCUT2D eigenvalue weighted by atomic mass is 10.0. The van der Waals surface area contributed by atoms with Crippen molar-refractivity contribution in [3.63, 3.8) is 0 Å². The van der Waals surface area contributed by atoms with E-state index in [1.54, 1.807) is 23.9 Å². The first-order valence-electron chi connectivity index (χ1n) is 6.49. The molecule has 3 nitrogen and oxygen atoms in total. The number of hydrogen-bond donors (Lipinski definition) is 1. The van der Waals surface area contributed by atoms with Crippen LogP contribution in [-0.4, -0.2) is 40.1 Å². The topological polar surface area (TPSA) is 40.5 Å². The molecule has 1 aliphatic heterocycles. The molecule has 0 aliphatic carbocycles. The Morgan fingerprint density at radius 2 is 2.30 bits per heavy atom. The van der Waals surface area contributed by atoms with Crippen molar-refractivity contribution in [1.82, 2.24) is 4.90 Å². The lowest BCUT2D eigenvalue weighted by Gasteiger charge is -2.39. The van der Waals surface area contributed by atoms with Crippen LogP contribution in [0.1, 0.15) is 24.9 Å². The largest absolute Gasteiger partial charge is 0.481 e. The first kappa shape index (κ1) is 16.0. The molecule has 0 amide bonds. The molecule has 6 heteroatoms. The van der Waals surface area contributed by atoms with Crippen molar-refractivity contribution >= 4 is 40.9 Å². The second kappa shape index (κ2) is 7.03.